The first kappa shape index (κ1) is 13.8. The molecule has 4 nitrogen and oxygen atoms in total. The van der Waals surface area contributed by atoms with E-state index >= 15 is 0 Å². The molecule has 19 heavy (non-hydrogen) atoms. The summed E-state index contributed by atoms with van der Waals surface area (Å²) in [7, 11) is 3.26. The summed E-state index contributed by atoms with van der Waals surface area (Å²) in [6, 6.07) is 3.74. The Labute approximate surface area is 115 Å². The number of hydrogen-bond donors (Lipinski definition) is 2. The number of methoxy groups -OCH3 is 2. The Morgan fingerprint density at radius 3 is 2.21 bits per heavy atom. The van der Waals surface area contributed by atoms with Gasteiger partial charge in [0.25, 0.3) is 0 Å². The first-order chi connectivity index (χ1) is 9.08. The molecule has 0 saturated heterocycles. The first-order valence-corrected chi connectivity index (χ1v) is 6.88. The number of ether oxygens (including phenoxy) is 2. The Morgan fingerprint density at radius 1 is 1.05 bits per heavy atom. The maximum absolute atomic E-state index is 6.10. The van der Waals surface area contributed by atoms with Crippen LogP contribution in [0.4, 0.5) is 11.4 Å². The molecule has 0 aliphatic heterocycles. The fourth-order valence-electron chi connectivity index (χ4n) is 2.79. The van der Waals surface area contributed by atoms with Crippen LogP contribution < -0.4 is 20.5 Å². The first-order valence-electron chi connectivity index (χ1n) is 6.88. The lowest BCUT2D eigenvalue weighted by atomic mass is 9.83. The lowest BCUT2D eigenvalue weighted by Gasteiger charge is -2.36. The number of benzene rings is 1. The maximum atomic E-state index is 6.10. The number of rotatable bonds is 4. The molecule has 1 aromatic carbocycles. The average Bonchev–Trinajstić information content (AvgIpc) is 2.41. The van der Waals surface area contributed by atoms with Gasteiger partial charge in [0.05, 0.1) is 25.6 Å². The largest absolute Gasteiger partial charge is 0.493 e. The molecule has 106 valence electrons. The summed E-state index contributed by atoms with van der Waals surface area (Å²) < 4.78 is 10.6. The third kappa shape index (κ3) is 3.06. The number of hydrogen-bond acceptors (Lipinski definition) is 4. The van der Waals surface area contributed by atoms with Gasteiger partial charge in [0.2, 0.25) is 0 Å². The van der Waals surface area contributed by atoms with Gasteiger partial charge in [0.1, 0.15) is 0 Å². The summed E-state index contributed by atoms with van der Waals surface area (Å²) in [4.78, 5) is 0. The van der Waals surface area contributed by atoms with Crippen molar-refractivity contribution in [2.45, 2.75) is 44.6 Å². The molecule has 0 spiro atoms. The Hall–Kier alpha value is -1.58. The fraction of sp³-hybridized carbons (Fsp3) is 0.600. The topological polar surface area (TPSA) is 56.5 Å². The van der Waals surface area contributed by atoms with E-state index in [0.29, 0.717) is 17.2 Å². The molecular weight excluding hydrogens is 240 g/mol. The monoisotopic (exact) mass is 264 g/mol. The lowest BCUT2D eigenvalue weighted by molar-refractivity contribution is 0.347. The molecule has 0 aromatic heterocycles. The van der Waals surface area contributed by atoms with Crippen LogP contribution in [-0.4, -0.2) is 19.8 Å². The van der Waals surface area contributed by atoms with Crippen molar-refractivity contribution in [3.8, 4) is 11.5 Å². The van der Waals surface area contributed by atoms with E-state index in [-0.39, 0.29) is 5.54 Å². The fourth-order valence-corrected chi connectivity index (χ4v) is 2.79. The van der Waals surface area contributed by atoms with Crippen molar-refractivity contribution in [3.05, 3.63) is 12.1 Å². The molecule has 0 atom stereocenters. The number of anilines is 2. The van der Waals surface area contributed by atoms with Crippen molar-refractivity contribution in [1.82, 2.24) is 0 Å². The molecule has 1 aliphatic rings. The molecule has 1 aromatic rings. The Bertz CT molecular complexity index is 440. The van der Waals surface area contributed by atoms with Crippen LogP contribution >= 0.6 is 0 Å². The molecule has 3 N–H and O–H groups in total. The number of nitrogens with one attached hydrogen (secondary N) is 1. The van der Waals surface area contributed by atoms with Gasteiger partial charge in [-0.1, -0.05) is 19.3 Å². The predicted octanol–water partition coefficient (Wildman–Crippen LogP) is 3.42. The van der Waals surface area contributed by atoms with Crippen molar-refractivity contribution >= 4 is 11.4 Å². The van der Waals surface area contributed by atoms with Crippen molar-refractivity contribution in [2.24, 2.45) is 0 Å². The zero-order chi connectivity index (χ0) is 13.9. The number of nitrogen functional groups attached to an aromatic ring is 1. The van der Waals surface area contributed by atoms with Gasteiger partial charge in [-0.3, -0.25) is 0 Å². The van der Waals surface area contributed by atoms with Crippen LogP contribution in [0.15, 0.2) is 12.1 Å². The lowest BCUT2D eigenvalue weighted by Crippen LogP contribution is -2.37. The minimum Gasteiger partial charge on any atom is -0.493 e. The molecule has 1 aliphatic carbocycles. The second kappa shape index (κ2) is 5.59. The molecule has 0 amide bonds. The van der Waals surface area contributed by atoms with Gasteiger partial charge < -0.3 is 20.5 Å². The molecule has 2 rings (SSSR count). The Morgan fingerprint density at radius 2 is 1.63 bits per heavy atom. The Balaban J connectivity index is 2.24. The maximum Gasteiger partial charge on any atom is 0.162 e. The van der Waals surface area contributed by atoms with Crippen LogP contribution in [0, 0.1) is 0 Å². The van der Waals surface area contributed by atoms with Gasteiger partial charge in [0, 0.05) is 17.7 Å². The summed E-state index contributed by atoms with van der Waals surface area (Å²) in [6.07, 6.45) is 6.24. The standard InChI is InChI=1S/C15H24N2O2/c1-15(7-5-4-6-8-15)17-12-10-14(19-3)13(18-2)9-11(12)16/h9-10,17H,4-8,16H2,1-3H3. The number of nitrogens with two attached hydrogens (primary N) is 1. The molecule has 0 bridgehead atoms. The SMILES string of the molecule is COc1cc(N)c(NC2(C)CCCCC2)cc1OC. The van der Waals surface area contributed by atoms with Gasteiger partial charge in [-0.2, -0.15) is 0 Å². The van der Waals surface area contributed by atoms with Gasteiger partial charge >= 0.3 is 0 Å². The highest BCUT2D eigenvalue weighted by atomic mass is 16.5. The summed E-state index contributed by atoms with van der Waals surface area (Å²) in [5, 5.41) is 3.59. The average molecular weight is 264 g/mol. The molecule has 0 heterocycles. The smallest absolute Gasteiger partial charge is 0.162 e. The van der Waals surface area contributed by atoms with Crippen molar-refractivity contribution in [2.75, 3.05) is 25.3 Å². The van der Waals surface area contributed by atoms with Crippen LogP contribution in [0.1, 0.15) is 39.0 Å². The van der Waals surface area contributed by atoms with Gasteiger partial charge in [0.15, 0.2) is 11.5 Å². The zero-order valence-electron chi connectivity index (χ0n) is 12.1. The zero-order valence-corrected chi connectivity index (χ0v) is 12.1. The molecule has 4 heteroatoms. The highest BCUT2D eigenvalue weighted by Crippen LogP contribution is 2.38. The van der Waals surface area contributed by atoms with Crippen molar-refractivity contribution < 1.29 is 9.47 Å². The van der Waals surface area contributed by atoms with Crippen LogP contribution in [0.25, 0.3) is 0 Å². The molecular formula is C15H24N2O2. The minimum absolute atomic E-state index is 0.131. The van der Waals surface area contributed by atoms with Gasteiger partial charge in [-0.05, 0) is 19.8 Å². The molecule has 0 unspecified atom stereocenters. The summed E-state index contributed by atoms with van der Waals surface area (Å²) in [6.45, 7) is 2.27. The van der Waals surface area contributed by atoms with E-state index in [2.05, 4.69) is 12.2 Å². The van der Waals surface area contributed by atoms with E-state index in [1.165, 1.54) is 32.1 Å². The van der Waals surface area contributed by atoms with Crippen LogP contribution in [-0.2, 0) is 0 Å². The Kier molecular flexibility index (Phi) is 4.08. The van der Waals surface area contributed by atoms with E-state index in [9.17, 15) is 0 Å². The quantitative estimate of drug-likeness (QED) is 0.818. The highest BCUT2D eigenvalue weighted by molar-refractivity contribution is 5.72. The van der Waals surface area contributed by atoms with Crippen molar-refractivity contribution in [3.63, 3.8) is 0 Å². The van der Waals surface area contributed by atoms with Crippen LogP contribution in [0.2, 0.25) is 0 Å². The van der Waals surface area contributed by atoms with Crippen molar-refractivity contribution in [1.29, 1.82) is 0 Å². The predicted molar refractivity (Wildman–Crippen MR) is 79.1 cm³/mol. The molecule has 1 fully saturated rings. The molecule has 0 radical (unpaired) electrons. The van der Waals surface area contributed by atoms with E-state index < -0.39 is 0 Å². The van der Waals surface area contributed by atoms with Gasteiger partial charge in [-0.25, -0.2) is 0 Å². The summed E-state index contributed by atoms with van der Waals surface area (Å²) in [5.41, 5.74) is 7.86. The second-order valence-electron chi connectivity index (χ2n) is 5.54. The molecule has 1 saturated carbocycles. The second-order valence-corrected chi connectivity index (χ2v) is 5.54. The van der Waals surface area contributed by atoms with Gasteiger partial charge in [-0.15, -0.1) is 0 Å². The summed E-state index contributed by atoms with van der Waals surface area (Å²) >= 11 is 0. The van der Waals surface area contributed by atoms with E-state index in [1.54, 1.807) is 14.2 Å². The summed E-state index contributed by atoms with van der Waals surface area (Å²) in [5.74, 6) is 1.37. The van der Waals surface area contributed by atoms with E-state index in [1.807, 2.05) is 12.1 Å². The minimum atomic E-state index is 0.131. The van der Waals surface area contributed by atoms with Crippen LogP contribution in [0.3, 0.4) is 0 Å². The third-order valence-corrected chi connectivity index (χ3v) is 3.95. The highest BCUT2D eigenvalue weighted by Gasteiger charge is 2.27. The third-order valence-electron chi connectivity index (χ3n) is 3.95. The van der Waals surface area contributed by atoms with E-state index in [0.717, 1.165) is 5.69 Å². The normalized spacial score (nSPS) is 17.8. The van der Waals surface area contributed by atoms with Crippen LogP contribution in [0.5, 0.6) is 11.5 Å². The van der Waals surface area contributed by atoms with E-state index in [4.69, 9.17) is 15.2 Å².